The maximum Gasteiger partial charge on any atom is 0.0606 e. The van der Waals surface area contributed by atoms with E-state index in [-0.39, 0.29) is 6.61 Å². The summed E-state index contributed by atoms with van der Waals surface area (Å²) in [5, 5.41) is 12.6. The van der Waals surface area contributed by atoms with Gasteiger partial charge in [0, 0.05) is 24.8 Å². The molecule has 0 bridgehead atoms. The van der Waals surface area contributed by atoms with Gasteiger partial charge in [0.2, 0.25) is 0 Å². The first-order chi connectivity index (χ1) is 9.26. The maximum absolute atomic E-state index is 9.12. The van der Waals surface area contributed by atoms with E-state index in [0.29, 0.717) is 12.6 Å². The molecule has 0 aromatic heterocycles. The van der Waals surface area contributed by atoms with Crippen LogP contribution in [0.4, 0.5) is 5.69 Å². The van der Waals surface area contributed by atoms with Crippen LogP contribution in [0.3, 0.4) is 0 Å². The zero-order chi connectivity index (χ0) is 14.1. The number of nitrogens with one attached hydrogen (secondary N) is 1. The second-order valence-corrected chi connectivity index (χ2v) is 4.82. The summed E-state index contributed by atoms with van der Waals surface area (Å²) < 4.78 is 0. The Balaban J connectivity index is 2.78. The van der Waals surface area contributed by atoms with Crippen LogP contribution in [0.1, 0.15) is 45.2 Å². The van der Waals surface area contributed by atoms with Gasteiger partial charge in [0.1, 0.15) is 0 Å². The molecule has 3 nitrogen and oxygen atoms in total. The van der Waals surface area contributed by atoms with E-state index in [1.54, 1.807) is 0 Å². The summed E-state index contributed by atoms with van der Waals surface area (Å²) >= 11 is 0. The zero-order valence-corrected chi connectivity index (χ0v) is 12.5. The van der Waals surface area contributed by atoms with Crippen molar-refractivity contribution in [2.45, 2.75) is 39.7 Å². The molecule has 19 heavy (non-hydrogen) atoms. The van der Waals surface area contributed by atoms with Crippen molar-refractivity contribution in [3.8, 4) is 0 Å². The van der Waals surface area contributed by atoms with Gasteiger partial charge in [0.25, 0.3) is 0 Å². The number of aliphatic hydroxyl groups excluding tert-OH is 1. The van der Waals surface area contributed by atoms with Crippen molar-refractivity contribution in [3.63, 3.8) is 0 Å². The quantitative estimate of drug-likeness (QED) is 0.720. The Kier molecular flexibility index (Phi) is 7.53. The standard InChI is InChI=1S/C16H28N2O/c1-4-11-18(12-13-19)15-9-7-14(8-10-15)16(5-2)17-6-3/h7-10,16-17,19H,4-6,11-13H2,1-3H3. The minimum Gasteiger partial charge on any atom is -0.395 e. The summed E-state index contributed by atoms with van der Waals surface area (Å²) in [6.07, 6.45) is 2.19. The normalized spacial score (nSPS) is 12.4. The van der Waals surface area contributed by atoms with Crippen LogP contribution < -0.4 is 10.2 Å². The molecule has 2 N–H and O–H groups in total. The summed E-state index contributed by atoms with van der Waals surface area (Å²) in [4.78, 5) is 2.23. The van der Waals surface area contributed by atoms with Crippen LogP contribution in [-0.2, 0) is 0 Å². The fourth-order valence-corrected chi connectivity index (χ4v) is 2.42. The Hall–Kier alpha value is -1.06. The summed E-state index contributed by atoms with van der Waals surface area (Å²) in [5.41, 5.74) is 2.54. The van der Waals surface area contributed by atoms with Crippen molar-refractivity contribution in [2.24, 2.45) is 0 Å². The number of hydrogen-bond acceptors (Lipinski definition) is 3. The highest BCUT2D eigenvalue weighted by molar-refractivity contribution is 5.48. The first-order valence-electron chi connectivity index (χ1n) is 7.45. The van der Waals surface area contributed by atoms with E-state index < -0.39 is 0 Å². The molecule has 0 saturated carbocycles. The van der Waals surface area contributed by atoms with Gasteiger partial charge in [-0.25, -0.2) is 0 Å². The molecule has 0 saturated heterocycles. The molecule has 3 heteroatoms. The highest BCUT2D eigenvalue weighted by atomic mass is 16.3. The van der Waals surface area contributed by atoms with Crippen LogP contribution in [0.15, 0.2) is 24.3 Å². The predicted octanol–water partition coefficient (Wildman–Crippen LogP) is 2.96. The Morgan fingerprint density at radius 2 is 1.79 bits per heavy atom. The molecule has 1 aromatic rings. The molecule has 0 fully saturated rings. The molecular weight excluding hydrogens is 236 g/mol. The van der Waals surface area contributed by atoms with Gasteiger partial charge in [-0.05, 0) is 37.1 Å². The second-order valence-electron chi connectivity index (χ2n) is 4.82. The molecular formula is C16H28N2O. The third-order valence-electron chi connectivity index (χ3n) is 3.38. The van der Waals surface area contributed by atoms with E-state index in [4.69, 9.17) is 5.11 Å². The molecule has 1 aromatic carbocycles. The minimum absolute atomic E-state index is 0.205. The zero-order valence-electron chi connectivity index (χ0n) is 12.5. The molecule has 108 valence electrons. The molecule has 0 spiro atoms. The molecule has 0 aliphatic rings. The van der Waals surface area contributed by atoms with Crippen LogP contribution in [0, 0.1) is 0 Å². The smallest absolute Gasteiger partial charge is 0.0606 e. The third kappa shape index (κ3) is 4.84. The number of aliphatic hydroxyl groups is 1. The van der Waals surface area contributed by atoms with E-state index in [9.17, 15) is 0 Å². The third-order valence-corrected chi connectivity index (χ3v) is 3.38. The number of rotatable bonds is 9. The van der Waals surface area contributed by atoms with Gasteiger partial charge in [0.05, 0.1) is 6.61 Å². The minimum atomic E-state index is 0.205. The van der Waals surface area contributed by atoms with Crippen LogP contribution >= 0.6 is 0 Å². The molecule has 0 heterocycles. The molecule has 0 amide bonds. The molecule has 0 aliphatic heterocycles. The van der Waals surface area contributed by atoms with Crippen LogP contribution in [0.5, 0.6) is 0 Å². The summed E-state index contributed by atoms with van der Waals surface area (Å²) in [5.74, 6) is 0. The Labute approximate surface area is 117 Å². The van der Waals surface area contributed by atoms with E-state index in [2.05, 4.69) is 55.3 Å². The lowest BCUT2D eigenvalue weighted by Crippen LogP contribution is -2.27. The highest BCUT2D eigenvalue weighted by Gasteiger charge is 2.09. The summed E-state index contributed by atoms with van der Waals surface area (Å²) in [7, 11) is 0. The van der Waals surface area contributed by atoms with E-state index in [1.165, 1.54) is 11.3 Å². The first kappa shape index (κ1) is 16.0. The first-order valence-corrected chi connectivity index (χ1v) is 7.45. The Bertz CT molecular complexity index is 331. The average molecular weight is 264 g/mol. The Morgan fingerprint density at radius 1 is 1.11 bits per heavy atom. The second kappa shape index (κ2) is 8.94. The maximum atomic E-state index is 9.12. The van der Waals surface area contributed by atoms with Crippen molar-refractivity contribution in [1.82, 2.24) is 5.32 Å². The van der Waals surface area contributed by atoms with Crippen LogP contribution in [0.2, 0.25) is 0 Å². The number of nitrogens with zero attached hydrogens (tertiary/aromatic N) is 1. The summed E-state index contributed by atoms with van der Waals surface area (Å²) in [6.45, 7) is 9.40. The SMILES string of the molecule is CCCN(CCO)c1ccc(C(CC)NCC)cc1. The van der Waals surface area contributed by atoms with Crippen molar-refractivity contribution in [1.29, 1.82) is 0 Å². The lowest BCUT2D eigenvalue weighted by Gasteiger charge is -2.24. The lowest BCUT2D eigenvalue weighted by atomic mass is 10.0. The van der Waals surface area contributed by atoms with Crippen molar-refractivity contribution >= 4 is 5.69 Å². The van der Waals surface area contributed by atoms with Crippen molar-refractivity contribution in [3.05, 3.63) is 29.8 Å². The van der Waals surface area contributed by atoms with Gasteiger partial charge in [-0.3, -0.25) is 0 Å². The topological polar surface area (TPSA) is 35.5 Å². The average Bonchev–Trinajstić information content (AvgIpc) is 2.45. The van der Waals surface area contributed by atoms with E-state index in [1.807, 2.05) is 0 Å². The van der Waals surface area contributed by atoms with Crippen LogP contribution in [-0.4, -0.2) is 31.3 Å². The highest BCUT2D eigenvalue weighted by Crippen LogP contribution is 2.21. The van der Waals surface area contributed by atoms with Gasteiger partial charge < -0.3 is 15.3 Å². The largest absolute Gasteiger partial charge is 0.395 e. The number of benzene rings is 1. The lowest BCUT2D eigenvalue weighted by molar-refractivity contribution is 0.302. The van der Waals surface area contributed by atoms with Crippen molar-refractivity contribution < 1.29 is 5.11 Å². The van der Waals surface area contributed by atoms with E-state index in [0.717, 1.165) is 25.9 Å². The fraction of sp³-hybridized carbons (Fsp3) is 0.625. The monoisotopic (exact) mass is 264 g/mol. The molecule has 0 aliphatic carbocycles. The van der Waals surface area contributed by atoms with Crippen molar-refractivity contribution in [2.75, 3.05) is 31.1 Å². The number of anilines is 1. The van der Waals surface area contributed by atoms with Gasteiger partial charge in [-0.1, -0.05) is 32.9 Å². The fourth-order valence-electron chi connectivity index (χ4n) is 2.42. The predicted molar refractivity (Wildman–Crippen MR) is 82.7 cm³/mol. The van der Waals surface area contributed by atoms with Crippen LogP contribution in [0.25, 0.3) is 0 Å². The summed E-state index contributed by atoms with van der Waals surface area (Å²) in [6, 6.07) is 9.18. The van der Waals surface area contributed by atoms with Gasteiger partial charge in [0.15, 0.2) is 0 Å². The molecule has 1 unspecified atom stereocenters. The molecule has 0 radical (unpaired) electrons. The Morgan fingerprint density at radius 3 is 2.26 bits per heavy atom. The van der Waals surface area contributed by atoms with E-state index >= 15 is 0 Å². The molecule has 1 atom stereocenters. The van der Waals surface area contributed by atoms with Gasteiger partial charge in [-0.15, -0.1) is 0 Å². The molecule has 1 rings (SSSR count). The van der Waals surface area contributed by atoms with Gasteiger partial charge in [-0.2, -0.15) is 0 Å². The number of hydrogen-bond donors (Lipinski definition) is 2. The van der Waals surface area contributed by atoms with Gasteiger partial charge >= 0.3 is 0 Å².